The van der Waals surface area contributed by atoms with Gasteiger partial charge in [-0.05, 0) is 55.7 Å². The van der Waals surface area contributed by atoms with Crippen LogP contribution in [0.4, 0.5) is 5.69 Å². The standard InChI is InChI=1S/C28H34N4O3/c1-17(29-27(34)23-16-15-18-9-3-7-13-22(18)30-23)26(33)31-25-21-12-5-4-10-19(21)20-11-6-8-14-24(20)32(2)28(25)35/h4-6,8,10-12,14,17-18,22-23,25,30H,3,7,9,13,15-16H2,1-2H3,(H,29,34)(H,31,33)/t17-,18-,22-,23?,25?/m0/s1. The smallest absolute Gasteiger partial charge is 0.253 e. The SMILES string of the molecule is C[C@H](NC(=O)C1CC[C@@H]2CCCC[C@@H]2N1)C(=O)NC1C(=O)N(C)c2ccccc2-c2ccccc21. The molecule has 3 N–H and O–H groups in total. The first kappa shape index (κ1) is 23.5. The van der Waals surface area contributed by atoms with Gasteiger partial charge in [-0.15, -0.1) is 0 Å². The Balaban J connectivity index is 1.29. The molecule has 3 aliphatic rings. The van der Waals surface area contributed by atoms with Crippen LogP contribution in [-0.2, 0) is 14.4 Å². The zero-order valence-electron chi connectivity index (χ0n) is 20.4. The highest BCUT2D eigenvalue weighted by Crippen LogP contribution is 2.39. The fourth-order valence-electron chi connectivity index (χ4n) is 5.92. The van der Waals surface area contributed by atoms with E-state index in [9.17, 15) is 14.4 Å². The first-order valence-corrected chi connectivity index (χ1v) is 12.8. The van der Waals surface area contributed by atoms with Gasteiger partial charge in [0.25, 0.3) is 5.91 Å². The van der Waals surface area contributed by atoms with Gasteiger partial charge in [-0.25, -0.2) is 0 Å². The molecule has 3 amide bonds. The van der Waals surface area contributed by atoms with E-state index in [-0.39, 0.29) is 23.8 Å². The monoisotopic (exact) mass is 474 g/mol. The van der Waals surface area contributed by atoms with Crippen molar-refractivity contribution < 1.29 is 14.4 Å². The van der Waals surface area contributed by atoms with Gasteiger partial charge in [-0.2, -0.15) is 0 Å². The lowest BCUT2D eigenvalue weighted by atomic mass is 9.77. The van der Waals surface area contributed by atoms with Crippen molar-refractivity contribution in [2.24, 2.45) is 5.92 Å². The number of hydrogen-bond donors (Lipinski definition) is 3. The first-order chi connectivity index (χ1) is 16.9. The summed E-state index contributed by atoms with van der Waals surface area (Å²) in [6, 6.07) is 13.9. The molecule has 184 valence electrons. The number of para-hydroxylation sites is 1. The van der Waals surface area contributed by atoms with Crippen LogP contribution in [-0.4, -0.2) is 42.9 Å². The largest absolute Gasteiger partial charge is 0.343 e. The molecule has 35 heavy (non-hydrogen) atoms. The number of likely N-dealkylation sites (N-methyl/N-ethyl adjacent to an activating group) is 1. The minimum Gasteiger partial charge on any atom is -0.343 e. The molecule has 1 aliphatic carbocycles. The van der Waals surface area contributed by atoms with Crippen LogP contribution in [0.1, 0.15) is 57.1 Å². The van der Waals surface area contributed by atoms with E-state index in [1.807, 2.05) is 48.5 Å². The number of carbonyl (C=O) groups excluding carboxylic acids is 3. The lowest BCUT2D eigenvalue weighted by Gasteiger charge is -2.40. The van der Waals surface area contributed by atoms with Gasteiger partial charge < -0.3 is 20.9 Å². The van der Waals surface area contributed by atoms with Crippen molar-refractivity contribution in [2.45, 2.75) is 69.6 Å². The van der Waals surface area contributed by atoms with Crippen LogP contribution >= 0.6 is 0 Å². The molecule has 0 radical (unpaired) electrons. The van der Waals surface area contributed by atoms with Gasteiger partial charge in [-0.1, -0.05) is 55.3 Å². The average Bonchev–Trinajstić information content (AvgIpc) is 2.98. The minimum atomic E-state index is -0.841. The number of amides is 3. The maximum absolute atomic E-state index is 13.4. The number of fused-ring (bicyclic) bond motifs is 4. The molecule has 2 aliphatic heterocycles. The summed E-state index contributed by atoms with van der Waals surface area (Å²) >= 11 is 0. The van der Waals surface area contributed by atoms with E-state index in [1.54, 1.807) is 18.9 Å². The summed E-state index contributed by atoms with van der Waals surface area (Å²) in [5.74, 6) is -0.0754. The van der Waals surface area contributed by atoms with E-state index in [1.165, 1.54) is 19.3 Å². The number of benzene rings is 2. The molecule has 2 unspecified atom stereocenters. The van der Waals surface area contributed by atoms with Crippen LogP contribution in [0.15, 0.2) is 48.5 Å². The summed E-state index contributed by atoms with van der Waals surface area (Å²) in [6.45, 7) is 1.67. The highest BCUT2D eigenvalue weighted by molar-refractivity contribution is 6.06. The summed E-state index contributed by atoms with van der Waals surface area (Å²) in [5, 5.41) is 9.32. The Morgan fingerprint density at radius 3 is 2.51 bits per heavy atom. The third-order valence-corrected chi connectivity index (χ3v) is 7.91. The van der Waals surface area contributed by atoms with Crippen molar-refractivity contribution >= 4 is 23.4 Å². The summed E-state index contributed by atoms with van der Waals surface area (Å²) in [4.78, 5) is 41.2. The fourth-order valence-corrected chi connectivity index (χ4v) is 5.92. The highest BCUT2D eigenvalue weighted by atomic mass is 16.2. The molecule has 0 aromatic heterocycles. The van der Waals surface area contributed by atoms with E-state index in [2.05, 4.69) is 16.0 Å². The predicted octanol–water partition coefficient (Wildman–Crippen LogP) is 3.30. The van der Waals surface area contributed by atoms with Crippen molar-refractivity contribution in [3.05, 3.63) is 54.1 Å². The number of rotatable bonds is 4. The number of anilines is 1. The average molecular weight is 475 g/mol. The molecule has 1 saturated carbocycles. The topological polar surface area (TPSA) is 90.5 Å². The summed E-state index contributed by atoms with van der Waals surface area (Å²) in [7, 11) is 1.73. The number of carbonyl (C=O) groups is 3. The molecule has 0 spiro atoms. The molecule has 2 heterocycles. The molecular formula is C28H34N4O3. The highest BCUT2D eigenvalue weighted by Gasteiger charge is 2.37. The Kier molecular flexibility index (Phi) is 6.60. The molecule has 7 nitrogen and oxygen atoms in total. The molecule has 5 rings (SSSR count). The number of nitrogens with one attached hydrogen (secondary N) is 3. The van der Waals surface area contributed by atoms with Crippen LogP contribution in [0.3, 0.4) is 0 Å². The Hall–Kier alpha value is -3.19. The fraction of sp³-hybridized carbons (Fsp3) is 0.464. The molecule has 1 saturated heterocycles. The van der Waals surface area contributed by atoms with Crippen LogP contribution in [0.5, 0.6) is 0 Å². The lowest BCUT2D eigenvalue weighted by molar-refractivity contribution is -0.132. The second kappa shape index (κ2) is 9.82. The van der Waals surface area contributed by atoms with E-state index >= 15 is 0 Å². The van der Waals surface area contributed by atoms with Gasteiger partial charge in [0.1, 0.15) is 12.1 Å². The van der Waals surface area contributed by atoms with Crippen molar-refractivity contribution in [1.82, 2.24) is 16.0 Å². The van der Waals surface area contributed by atoms with Crippen LogP contribution in [0, 0.1) is 5.92 Å². The second-order valence-corrected chi connectivity index (χ2v) is 10.1. The summed E-state index contributed by atoms with van der Waals surface area (Å²) in [5.41, 5.74) is 3.41. The van der Waals surface area contributed by atoms with Crippen LogP contribution < -0.4 is 20.9 Å². The van der Waals surface area contributed by atoms with Crippen LogP contribution in [0.2, 0.25) is 0 Å². The number of nitrogens with zero attached hydrogens (tertiary/aromatic N) is 1. The third kappa shape index (κ3) is 4.57. The molecular weight excluding hydrogens is 440 g/mol. The first-order valence-electron chi connectivity index (χ1n) is 12.8. The lowest BCUT2D eigenvalue weighted by Crippen LogP contribution is -2.57. The van der Waals surface area contributed by atoms with Gasteiger partial charge in [0.2, 0.25) is 11.8 Å². The summed E-state index contributed by atoms with van der Waals surface area (Å²) < 4.78 is 0. The van der Waals surface area contributed by atoms with Gasteiger partial charge >= 0.3 is 0 Å². The van der Waals surface area contributed by atoms with E-state index in [4.69, 9.17) is 0 Å². The molecule has 0 bridgehead atoms. The maximum atomic E-state index is 13.4. The van der Waals surface area contributed by atoms with Gasteiger partial charge in [0, 0.05) is 18.7 Å². The van der Waals surface area contributed by atoms with Crippen molar-refractivity contribution in [3.63, 3.8) is 0 Å². The summed E-state index contributed by atoms with van der Waals surface area (Å²) in [6.07, 6.45) is 6.68. The quantitative estimate of drug-likeness (QED) is 0.634. The maximum Gasteiger partial charge on any atom is 0.253 e. The van der Waals surface area contributed by atoms with Gasteiger partial charge in [-0.3, -0.25) is 14.4 Å². The molecule has 2 fully saturated rings. The van der Waals surface area contributed by atoms with Gasteiger partial charge in [0.05, 0.1) is 11.7 Å². The Morgan fingerprint density at radius 1 is 0.971 bits per heavy atom. The molecule has 2 aromatic carbocycles. The van der Waals surface area contributed by atoms with Gasteiger partial charge in [0.15, 0.2) is 0 Å². The molecule has 7 heteroatoms. The predicted molar refractivity (Wildman–Crippen MR) is 136 cm³/mol. The Morgan fingerprint density at radius 2 is 1.69 bits per heavy atom. The minimum absolute atomic E-state index is 0.145. The third-order valence-electron chi connectivity index (χ3n) is 7.91. The molecule has 5 atom stereocenters. The second-order valence-electron chi connectivity index (χ2n) is 10.1. The van der Waals surface area contributed by atoms with Crippen LogP contribution in [0.25, 0.3) is 11.1 Å². The van der Waals surface area contributed by atoms with Crippen molar-refractivity contribution in [3.8, 4) is 11.1 Å². The Labute approximate surface area is 206 Å². The van der Waals surface area contributed by atoms with E-state index in [0.717, 1.165) is 41.6 Å². The van der Waals surface area contributed by atoms with E-state index < -0.39 is 12.1 Å². The zero-order valence-corrected chi connectivity index (χ0v) is 20.4. The normalized spacial score (nSPS) is 26.5. The molecule has 2 aromatic rings. The van der Waals surface area contributed by atoms with Crippen molar-refractivity contribution in [2.75, 3.05) is 11.9 Å². The number of piperidine rings is 1. The van der Waals surface area contributed by atoms with E-state index in [0.29, 0.717) is 12.0 Å². The number of hydrogen-bond acceptors (Lipinski definition) is 4. The zero-order chi connectivity index (χ0) is 24.5. The van der Waals surface area contributed by atoms with Crippen molar-refractivity contribution in [1.29, 1.82) is 0 Å². The Bertz CT molecular complexity index is 1130.